The molecule has 3 aliphatic carbocycles. The van der Waals surface area contributed by atoms with Crippen LogP contribution in [0.15, 0.2) is 18.2 Å². The van der Waals surface area contributed by atoms with Crippen molar-refractivity contribution in [3.8, 4) is 0 Å². The molecule has 3 saturated carbocycles. The fourth-order valence-electron chi connectivity index (χ4n) is 5.32. The first-order chi connectivity index (χ1) is 11.0. The van der Waals surface area contributed by atoms with Crippen LogP contribution >= 0.6 is 23.2 Å². The summed E-state index contributed by atoms with van der Waals surface area (Å²) < 4.78 is 0. The number of likely N-dealkylation sites (N-methyl/N-ethyl adjacent to an activating group) is 1. The summed E-state index contributed by atoms with van der Waals surface area (Å²) in [4.78, 5) is 27.7. The summed E-state index contributed by atoms with van der Waals surface area (Å²) in [5, 5.41) is 0.933. The largest absolute Gasteiger partial charge is 0.282 e. The van der Waals surface area contributed by atoms with Crippen molar-refractivity contribution in [1.29, 1.82) is 0 Å². The molecular weight excluding hydrogens is 333 g/mol. The van der Waals surface area contributed by atoms with Gasteiger partial charge in [-0.15, -0.1) is 0 Å². The van der Waals surface area contributed by atoms with Crippen LogP contribution in [0.3, 0.4) is 0 Å². The molecule has 1 heterocycles. The summed E-state index contributed by atoms with van der Waals surface area (Å²) in [7, 11) is 0. The number of fused-ring (bicyclic) bond motifs is 2. The van der Waals surface area contributed by atoms with Gasteiger partial charge in [0, 0.05) is 6.54 Å². The summed E-state index contributed by atoms with van der Waals surface area (Å²) in [6.45, 7) is 2.31. The molecule has 2 bridgehead atoms. The van der Waals surface area contributed by atoms with Gasteiger partial charge in [-0.2, -0.15) is 0 Å². The third-order valence-electron chi connectivity index (χ3n) is 6.22. The molecule has 5 rings (SSSR count). The lowest BCUT2D eigenvalue weighted by molar-refractivity contribution is -0.140. The van der Waals surface area contributed by atoms with E-state index in [0.717, 1.165) is 31.2 Å². The van der Waals surface area contributed by atoms with Gasteiger partial charge in [0.25, 0.3) is 0 Å². The van der Waals surface area contributed by atoms with Gasteiger partial charge in [0.1, 0.15) is 0 Å². The maximum Gasteiger partial charge on any atom is 0.240 e. The first-order valence-electron chi connectivity index (χ1n) is 8.33. The van der Waals surface area contributed by atoms with E-state index in [1.54, 1.807) is 6.07 Å². The summed E-state index contributed by atoms with van der Waals surface area (Å²) in [6.07, 6.45) is 4.12. The number of imide groups is 1. The van der Waals surface area contributed by atoms with Gasteiger partial charge in [-0.1, -0.05) is 29.3 Å². The molecule has 23 heavy (non-hydrogen) atoms. The Morgan fingerprint density at radius 3 is 2.43 bits per heavy atom. The average Bonchev–Trinajstić information content (AvgIpc) is 2.81. The number of carbonyl (C=O) groups is 2. The van der Waals surface area contributed by atoms with Crippen molar-refractivity contribution in [3.63, 3.8) is 0 Å². The third kappa shape index (κ3) is 1.84. The molecule has 4 fully saturated rings. The van der Waals surface area contributed by atoms with Gasteiger partial charge in [-0.3, -0.25) is 14.5 Å². The zero-order valence-electron chi connectivity index (χ0n) is 13.0. The molecule has 122 valence electrons. The van der Waals surface area contributed by atoms with Crippen molar-refractivity contribution < 1.29 is 9.59 Å². The summed E-state index contributed by atoms with van der Waals surface area (Å²) in [6, 6.07) is 5.45. The predicted octanol–water partition coefficient (Wildman–Crippen LogP) is 4.06. The second-order valence-electron chi connectivity index (χ2n) is 6.97. The van der Waals surface area contributed by atoms with E-state index in [2.05, 4.69) is 0 Å². The van der Waals surface area contributed by atoms with Crippen LogP contribution < -0.4 is 0 Å². The van der Waals surface area contributed by atoms with Crippen LogP contribution in [0.4, 0.5) is 0 Å². The number of rotatable bonds is 2. The number of likely N-dealkylation sites (tertiary alicyclic amines) is 1. The molecule has 2 amide bonds. The fourth-order valence-corrected chi connectivity index (χ4v) is 5.62. The van der Waals surface area contributed by atoms with Crippen molar-refractivity contribution in [2.24, 2.45) is 17.8 Å². The second kappa shape index (κ2) is 5.22. The Morgan fingerprint density at radius 2 is 1.83 bits per heavy atom. The molecule has 2 unspecified atom stereocenters. The summed E-state index contributed by atoms with van der Waals surface area (Å²) in [5.41, 5.74) is 0.156. The number of nitrogens with zero attached hydrogens (tertiary/aromatic N) is 1. The lowest BCUT2D eigenvalue weighted by Crippen LogP contribution is -2.55. The number of hydrogen-bond acceptors (Lipinski definition) is 2. The van der Waals surface area contributed by atoms with Crippen molar-refractivity contribution in [3.05, 3.63) is 33.8 Å². The van der Waals surface area contributed by atoms with Crippen LogP contribution in [0.1, 0.15) is 38.2 Å². The van der Waals surface area contributed by atoms with Crippen molar-refractivity contribution >= 4 is 35.0 Å². The molecular formula is C18H19Cl2NO2. The SMILES string of the molecule is CCN1C(=O)C2C3CCC(CC3)C2(c2ccc(Cl)c(Cl)c2)C1=O. The molecule has 1 aromatic rings. The smallest absolute Gasteiger partial charge is 0.240 e. The van der Waals surface area contributed by atoms with Gasteiger partial charge in [0.2, 0.25) is 11.8 Å². The fraction of sp³-hybridized carbons (Fsp3) is 0.556. The molecule has 2 atom stereocenters. The Labute approximate surface area is 145 Å². The van der Waals surface area contributed by atoms with E-state index in [-0.39, 0.29) is 23.7 Å². The summed E-state index contributed by atoms with van der Waals surface area (Å²) in [5.74, 6) is 0.297. The number of carbonyl (C=O) groups excluding carboxylic acids is 2. The Balaban J connectivity index is 1.95. The molecule has 1 saturated heterocycles. The van der Waals surface area contributed by atoms with Gasteiger partial charge in [0.05, 0.1) is 21.4 Å². The van der Waals surface area contributed by atoms with Crippen LogP contribution in [0.5, 0.6) is 0 Å². The molecule has 5 heteroatoms. The highest BCUT2D eigenvalue weighted by Gasteiger charge is 2.68. The van der Waals surface area contributed by atoms with Gasteiger partial charge in [0.15, 0.2) is 0 Å². The first kappa shape index (κ1) is 15.5. The Bertz CT molecular complexity index is 696. The van der Waals surface area contributed by atoms with Gasteiger partial charge < -0.3 is 0 Å². The highest BCUT2D eigenvalue weighted by Crippen LogP contribution is 2.61. The van der Waals surface area contributed by atoms with Crippen molar-refractivity contribution in [1.82, 2.24) is 4.90 Å². The lowest BCUT2D eigenvalue weighted by Gasteiger charge is -2.51. The molecule has 1 aliphatic heterocycles. The molecule has 0 N–H and O–H groups in total. The second-order valence-corrected chi connectivity index (χ2v) is 7.79. The van der Waals surface area contributed by atoms with E-state index in [9.17, 15) is 9.59 Å². The number of benzene rings is 1. The maximum atomic E-state index is 13.3. The molecule has 3 nitrogen and oxygen atoms in total. The maximum absolute atomic E-state index is 13.3. The average molecular weight is 352 g/mol. The van der Waals surface area contributed by atoms with Crippen molar-refractivity contribution in [2.45, 2.75) is 38.0 Å². The Hall–Kier alpha value is -1.06. The molecule has 0 spiro atoms. The number of hydrogen-bond donors (Lipinski definition) is 0. The minimum Gasteiger partial charge on any atom is -0.282 e. The number of amides is 2. The van der Waals surface area contributed by atoms with E-state index in [1.807, 2.05) is 19.1 Å². The molecule has 4 aliphatic rings. The normalized spacial score (nSPS) is 35.8. The molecule has 1 aromatic carbocycles. The van der Waals surface area contributed by atoms with Gasteiger partial charge >= 0.3 is 0 Å². The minimum atomic E-state index is -0.720. The minimum absolute atomic E-state index is 0.0120. The van der Waals surface area contributed by atoms with Crippen LogP contribution in [-0.2, 0) is 15.0 Å². The lowest BCUT2D eigenvalue weighted by atomic mass is 9.49. The standard InChI is InChI=1S/C18H19Cl2NO2/c1-2-21-16(22)15-10-3-5-11(6-4-10)18(15,17(21)23)12-7-8-13(19)14(20)9-12/h7-11,15H,2-6H2,1H3. The van der Waals surface area contributed by atoms with Crippen LogP contribution in [-0.4, -0.2) is 23.3 Å². The monoisotopic (exact) mass is 351 g/mol. The van der Waals surface area contributed by atoms with E-state index < -0.39 is 5.41 Å². The Morgan fingerprint density at radius 1 is 1.13 bits per heavy atom. The third-order valence-corrected chi connectivity index (χ3v) is 6.96. The highest BCUT2D eigenvalue weighted by atomic mass is 35.5. The number of halogens is 2. The van der Waals surface area contributed by atoms with E-state index >= 15 is 0 Å². The van der Waals surface area contributed by atoms with Crippen LogP contribution in [0.2, 0.25) is 10.0 Å². The van der Waals surface area contributed by atoms with E-state index in [1.165, 1.54) is 4.90 Å². The zero-order chi connectivity index (χ0) is 16.4. The van der Waals surface area contributed by atoms with Crippen molar-refractivity contribution in [2.75, 3.05) is 6.54 Å². The van der Waals surface area contributed by atoms with Gasteiger partial charge in [-0.05, 0) is 62.1 Å². The quantitative estimate of drug-likeness (QED) is 0.753. The molecule has 0 radical (unpaired) electrons. The van der Waals surface area contributed by atoms with E-state index in [4.69, 9.17) is 23.2 Å². The van der Waals surface area contributed by atoms with Crippen LogP contribution in [0, 0.1) is 17.8 Å². The summed E-state index contributed by atoms with van der Waals surface area (Å²) >= 11 is 12.3. The first-order valence-corrected chi connectivity index (χ1v) is 9.08. The predicted molar refractivity (Wildman–Crippen MR) is 89.5 cm³/mol. The topological polar surface area (TPSA) is 37.4 Å². The zero-order valence-corrected chi connectivity index (χ0v) is 14.5. The highest BCUT2D eigenvalue weighted by molar-refractivity contribution is 6.42. The van der Waals surface area contributed by atoms with E-state index in [0.29, 0.717) is 22.5 Å². The molecule has 0 aromatic heterocycles. The van der Waals surface area contributed by atoms with Gasteiger partial charge in [-0.25, -0.2) is 0 Å². The van der Waals surface area contributed by atoms with Crippen LogP contribution in [0.25, 0.3) is 0 Å². The Kier molecular flexibility index (Phi) is 3.51.